The summed E-state index contributed by atoms with van der Waals surface area (Å²) < 4.78 is 0. The molecule has 1 aliphatic carbocycles. The summed E-state index contributed by atoms with van der Waals surface area (Å²) >= 11 is 0. The van der Waals surface area contributed by atoms with Gasteiger partial charge in [0.05, 0.1) is 0 Å². The Morgan fingerprint density at radius 2 is 1.08 bits per heavy atom. The first-order valence-corrected chi connectivity index (χ1v) is 5.39. The largest absolute Gasteiger partial charge is 0.412 e. The van der Waals surface area contributed by atoms with Crippen LogP contribution in [0.5, 0.6) is 0 Å². The Labute approximate surface area is 83.6 Å². The van der Waals surface area contributed by atoms with Gasteiger partial charge in [-0.1, -0.05) is 66.7 Å². The minimum absolute atomic E-state index is 0. The van der Waals surface area contributed by atoms with Crippen LogP contribution >= 0.6 is 0 Å². The molecule has 1 aliphatic rings. The van der Waals surface area contributed by atoms with Crippen LogP contribution in [0.2, 0.25) is 0 Å². The van der Waals surface area contributed by atoms with Gasteiger partial charge < -0.3 is 5.48 Å². The molecular weight excluding hydrogens is 167 g/mol. The maximum absolute atomic E-state index is 2.36. The van der Waals surface area contributed by atoms with Crippen LogP contribution in [-0.4, -0.2) is 5.48 Å². The number of rotatable bonds is 0. The first-order chi connectivity index (χ1) is 5.39. The summed E-state index contributed by atoms with van der Waals surface area (Å²) in [4.78, 5) is 0. The summed E-state index contributed by atoms with van der Waals surface area (Å²) in [7, 11) is 0. The summed E-state index contributed by atoms with van der Waals surface area (Å²) in [5, 5.41) is 0. The van der Waals surface area contributed by atoms with Crippen molar-refractivity contribution in [3.05, 3.63) is 0 Å². The van der Waals surface area contributed by atoms with Gasteiger partial charge in [-0.3, -0.25) is 4.70 Å². The standard InChI is InChI=1S/C7H14.2C2H6.FH.H2O/c1-7-5-3-2-4-6-7;2*1-2;;/h7H,2-6H2,1H3;2*1-2H3;1H;1H2. The molecule has 0 heterocycles. The molecule has 2 heteroatoms. The van der Waals surface area contributed by atoms with Gasteiger partial charge >= 0.3 is 0 Å². The van der Waals surface area contributed by atoms with E-state index >= 15 is 0 Å². The lowest BCUT2D eigenvalue weighted by Crippen LogP contribution is -1.99. The van der Waals surface area contributed by atoms with Crippen molar-refractivity contribution in [2.45, 2.75) is 66.7 Å². The first kappa shape index (κ1) is 23.1. The predicted octanol–water partition coefficient (Wildman–Crippen LogP) is 3.97. The summed E-state index contributed by atoms with van der Waals surface area (Å²) in [6, 6.07) is 0. The fourth-order valence-corrected chi connectivity index (χ4v) is 1.31. The van der Waals surface area contributed by atoms with Crippen molar-refractivity contribution in [1.29, 1.82) is 0 Å². The number of hydrogen-bond acceptors (Lipinski definition) is 0. The third-order valence-corrected chi connectivity index (χ3v) is 1.89. The molecule has 2 N–H and O–H groups in total. The second kappa shape index (κ2) is 22.7. The van der Waals surface area contributed by atoms with E-state index in [1.54, 1.807) is 0 Å². The molecule has 0 spiro atoms. The molecule has 86 valence electrons. The highest BCUT2D eigenvalue weighted by molar-refractivity contribution is 4.59. The van der Waals surface area contributed by atoms with E-state index in [1.165, 1.54) is 32.1 Å². The van der Waals surface area contributed by atoms with Crippen LogP contribution < -0.4 is 0 Å². The van der Waals surface area contributed by atoms with Gasteiger partial charge in [0.25, 0.3) is 0 Å². The van der Waals surface area contributed by atoms with Crippen LogP contribution in [0.25, 0.3) is 0 Å². The van der Waals surface area contributed by atoms with Gasteiger partial charge in [0, 0.05) is 0 Å². The Hall–Kier alpha value is -0.110. The van der Waals surface area contributed by atoms with Gasteiger partial charge in [0.15, 0.2) is 0 Å². The van der Waals surface area contributed by atoms with E-state index in [9.17, 15) is 0 Å². The zero-order valence-corrected chi connectivity index (χ0v) is 10.0. The number of hydrogen-bond donors (Lipinski definition) is 0. The third kappa shape index (κ3) is 18.7. The smallest absolute Gasteiger partial charge is 0.0443 e. The van der Waals surface area contributed by atoms with E-state index in [1.807, 2.05) is 27.7 Å². The average molecular weight is 196 g/mol. The SMILES string of the molecule is CC.CC.CC1CCCCC1.F.O. The lowest BCUT2D eigenvalue weighted by Gasteiger charge is -2.15. The summed E-state index contributed by atoms with van der Waals surface area (Å²) in [6.07, 6.45) is 7.44. The highest BCUT2D eigenvalue weighted by Gasteiger charge is 2.05. The maximum atomic E-state index is 2.36. The van der Waals surface area contributed by atoms with E-state index in [2.05, 4.69) is 6.92 Å². The van der Waals surface area contributed by atoms with E-state index in [4.69, 9.17) is 0 Å². The highest BCUT2D eigenvalue weighted by atomic mass is 19.0. The van der Waals surface area contributed by atoms with Gasteiger partial charge in [0.2, 0.25) is 0 Å². The molecule has 0 aliphatic heterocycles. The second-order valence-corrected chi connectivity index (χ2v) is 2.74. The van der Waals surface area contributed by atoms with Crippen molar-refractivity contribution < 1.29 is 10.2 Å². The normalized spacial score (nSPS) is 14.5. The highest BCUT2D eigenvalue weighted by Crippen LogP contribution is 2.21. The van der Waals surface area contributed by atoms with Crippen LogP contribution in [0.15, 0.2) is 0 Å². The van der Waals surface area contributed by atoms with Crippen molar-refractivity contribution in [3.63, 3.8) is 0 Å². The molecule has 1 fully saturated rings. The Bertz CT molecular complexity index is 52.1. The van der Waals surface area contributed by atoms with Gasteiger partial charge in [-0.25, -0.2) is 0 Å². The van der Waals surface area contributed by atoms with Gasteiger partial charge in [0.1, 0.15) is 0 Å². The molecule has 13 heavy (non-hydrogen) atoms. The molecule has 0 aromatic rings. The topological polar surface area (TPSA) is 31.5 Å². The Balaban J connectivity index is -0.0000000607. The number of halogens is 1. The molecule has 1 nitrogen and oxygen atoms in total. The van der Waals surface area contributed by atoms with Gasteiger partial charge in [-0.15, -0.1) is 0 Å². The predicted molar refractivity (Wildman–Crippen MR) is 61.1 cm³/mol. The zero-order chi connectivity index (χ0) is 9.11. The zero-order valence-electron chi connectivity index (χ0n) is 10.0. The van der Waals surface area contributed by atoms with Gasteiger partial charge in [-0.05, 0) is 5.92 Å². The van der Waals surface area contributed by atoms with E-state index in [-0.39, 0.29) is 10.2 Å². The van der Waals surface area contributed by atoms with E-state index < -0.39 is 0 Å². The molecule has 0 saturated heterocycles. The Morgan fingerprint density at radius 3 is 1.23 bits per heavy atom. The minimum atomic E-state index is 0. The quantitative estimate of drug-likeness (QED) is 0.561. The van der Waals surface area contributed by atoms with Crippen LogP contribution in [0.4, 0.5) is 4.70 Å². The van der Waals surface area contributed by atoms with Gasteiger partial charge in [-0.2, -0.15) is 0 Å². The fraction of sp³-hybridized carbons (Fsp3) is 1.00. The van der Waals surface area contributed by atoms with Crippen molar-refractivity contribution >= 4 is 0 Å². The van der Waals surface area contributed by atoms with Crippen molar-refractivity contribution in [3.8, 4) is 0 Å². The molecule has 1 saturated carbocycles. The molecule has 0 amide bonds. The molecule has 0 unspecified atom stereocenters. The second-order valence-electron chi connectivity index (χ2n) is 2.74. The fourth-order valence-electron chi connectivity index (χ4n) is 1.31. The van der Waals surface area contributed by atoms with Crippen molar-refractivity contribution in [2.75, 3.05) is 0 Å². The minimum Gasteiger partial charge on any atom is -0.412 e. The van der Waals surface area contributed by atoms with Crippen molar-refractivity contribution in [1.82, 2.24) is 0 Å². The Kier molecular flexibility index (Phi) is 40.2. The lowest BCUT2D eigenvalue weighted by atomic mass is 9.91. The monoisotopic (exact) mass is 196 g/mol. The maximum Gasteiger partial charge on any atom is -0.0443 e. The first-order valence-electron chi connectivity index (χ1n) is 5.39. The molecule has 0 aromatic heterocycles. The summed E-state index contributed by atoms with van der Waals surface area (Å²) in [5.74, 6) is 1.04. The summed E-state index contributed by atoms with van der Waals surface area (Å²) in [6.45, 7) is 10.4. The van der Waals surface area contributed by atoms with Crippen LogP contribution in [-0.2, 0) is 0 Å². The molecule has 1 rings (SSSR count). The lowest BCUT2D eigenvalue weighted by molar-refractivity contribution is 0.385. The van der Waals surface area contributed by atoms with Crippen LogP contribution in [0, 0.1) is 5.92 Å². The van der Waals surface area contributed by atoms with E-state index in [0.29, 0.717) is 0 Å². The molecule has 0 aromatic carbocycles. The molecule has 0 bridgehead atoms. The van der Waals surface area contributed by atoms with E-state index in [0.717, 1.165) is 5.92 Å². The van der Waals surface area contributed by atoms with Crippen LogP contribution in [0.1, 0.15) is 66.7 Å². The van der Waals surface area contributed by atoms with Crippen LogP contribution in [0.3, 0.4) is 0 Å². The molecular formula is C11H29FO. The third-order valence-electron chi connectivity index (χ3n) is 1.89. The molecule has 0 atom stereocenters. The summed E-state index contributed by atoms with van der Waals surface area (Å²) in [5.41, 5.74) is 0. The van der Waals surface area contributed by atoms with Crippen molar-refractivity contribution in [2.24, 2.45) is 5.92 Å². The average Bonchev–Trinajstić information content (AvgIpc) is 2.13. The Morgan fingerprint density at radius 1 is 0.769 bits per heavy atom. The molecule has 0 radical (unpaired) electrons.